The van der Waals surface area contributed by atoms with Gasteiger partial charge in [0, 0.05) is 32.5 Å². The van der Waals surface area contributed by atoms with Crippen molar-refractivity contribution in [1.29, 1.82) is 0 Å². The first-order valence-electron chi connectivity index (χ1n) is 12.2. The number of urea groups is 1. The Labute approximate surface area is 206 Å². The Morgan fingerprint density at radius 1 is 1.24 bits per heavy atom. The normalized spacial score (nSPS) is 28.5. The van der Waals surface area contributed by atoms with Crippen LogP contribution in [0.25, 0.3) is 0 Å². The van der Waals surface area contributed by atoms with Gasteiger partial charge in [0.2, 0.25) is 5.72 Å². The van der Waals surface area contributed by atoms with Crippen molar-refractivity contribution in [2.45, 2.75) is 77.2 Å². The molecule has 0 bridgehead atoms. The van der Waals surface area contributed by atoms with E-state index in [1.165, 1.54) is 4.90 Å². The van der Waals surface area contributed by atoms with Crippen LogP contribution in [0.5, 0.6) is 0 Å². The first kappa shape index (κ1) is 28.1. The highest BCUT2D eigenvalue weighted by Crippen LogP contribution is 2.47. The van der Waals surface area contributed by atoms with E-state index in [-0.39, 0.29) is 29.6 Å². The Morgan fingerprint density at radius 2 is 1.88 bits per heavy atom. The number of aliphatic carboxylic acids is 1. The number of hydrogen-bond donors (Lipinski definition) is 2. The van der Waals surface area contributed by atoms with Crippen molar-refractivity contribution in [2.24, 2.45) is 17.3 Å². The van der Waals surface area contributed by atoms with E-state index in [9.17, 15) is 19.5 Å². The molecule has 1 aliphatic carbocycles. The maximum absolute atomic E-state index is 13.9. The lowest BCUT2D eigenvalue weighted by Gasteiger charge is -2.41. The number of allylic oxidation sites excluding steroid dienone is 1. The molecule has 8 nitrogen and oxygen atoms in total. The van der Waals surface area contributed by atoms with Gasteiger partial charge in [0.15, 0.2) is 9.04 Å². The van der Waals surface area contributed by atoms with Gasteiger partial charge in [-0.05, 0) is 50.1 Å². The molecule has 1 saturated heterocycles. The number of carboxylic acid groups (broad SMARTS) is 1. The largest absolute Gasteiger partial charge is 0.479 e. The summed E-state index contributed by atoms with van der Waals surface area (Å²) in [6.07, 6.45) is 6.72. The van der Waals surface area contributed by atoms with Crippen molar-refractivity contribution in [1.82, 2.24) is 15.1 Å². The maximum Gasteiger partial charge on any atom is 0.330 e. The third kappa shape index (κ3) is 5.74. The van der Waals surface area contributed by atoms with Crippen LogP contribution in [0.2, 0.25) is 13.1 Å². The second kappa shape index (κ2) is 10.6. The minimum atomic E-state index is -1.78. The summed E-state index contributed by atoms with van der Waals surface area (Å²) in [4.78, 5) is 42.7. The first-order valence-corrected chi connectivity index (χ1v) is 15.0. The van der Waals surface area contributed by atoms with Crippen molar-refractivity contribution in [3.05, 3.63) is 25.3 Å². The van der Waals surface area contributed by atoms with Crippen molar-refractivity contribution < 1.29 is 23.9 Å². The minimum absolute atomic E-state index is 0.0132. The summed E-state index contributed by atoms with van der Waals surface area (Å²) >= 11 is 0. The lowest BCUT2D eigenvalue weighted by atomic mass is 9.79. The van der Waals surface area contributed by atoms with Crippen molar-refractivity contribution in [3.8, 4) is 0 Å². The Balaban J connectivity index is 2.41. The quantitative estimate of drug-likeness (QED) is 0.260. The highest BCUT2D eigenvalue weighted by atomic mass is 28.3. The van der Waals surface area contributed by atoms with Crippen LogP contribution in [0, 0.1) is 17.3 Å². The van der Waals surface area contributed by atoms with E-state index in [1.54, 1.807) is 18.0 Å². The molecule has 2 N–H and O–H groups in total. The van der Waals surface area contributed by atoms with E-state index in [0.717, 1.165) is 19.3 Å². The molecule has 1 heterocycles. The van der Waals surface area contributed by atoms with Crippen LogP contribution in [0.3, 0.4) is 0 Å². The summed E-state index contributed by atoms with van der Waals surface area (Å²) in [5.74, 6) is -1.66. The maximum atomic E-state index is 13.9. The molecule has 9 heteroatoms. The number of hydrogen-bond acceptors (Lipinski definition) is 4. The van der Waals surface area contributed by atoms with Crippen LogP contribution in [-0.2, 0) is 14.0 Å². The van der Waals surface area contributed by atoms with Gasteiger partial charge in [-0.1, -0.05) is 32.9 Å². The number of nitrogens with one attached hydrogen (secondary N) is 1. The number of amides is 3. The molecular weight excluding hydrogens is 450 g/mol. The molecule has 1 aliphatic heterocycles. The number of carbonyl (C=O) groups is 3. The summed E-state index contributed by atoms with van der Waals surface area (Å²) in [5.41, 5.74) is -2.98. The second-order valence-electron chi connectivity index (χ2n) is 11.1. The van der Waals surface area contributed by atoms with Gasteiger partial charge in [0.25, 0.3) is 5.91 Å². The van der Waals surface area contributed by atoms with Gasteiger partial charge in [-0.15, -0.1) is 13.2 Å². The van der Waals surface area contributed by atoms with Crippen molar-refractivity contribution >= 4 is 26.9 Å². The minimum Gasteiger partial charge on any atom is -0.479 e. The van der Waals surface area contributed by atoms with Gasteiger partial charge in [0.1, 0.15) is 5.54 Å². The molecule has 2 aliphatic rings. The number of nitrogens with zero attached hydrogens (tertiary/aromatic N) is 2. The number of unbranched alkanes of at least 4 members (excludes halogenated alkanes) is 2. The molecule has 0 aromatic heterocycles. The summed E-state index contributed by atoms with van der Waals surface area (Å²) in [7, 11) is -0.0310. The predicted octanol–water partition coefficient (Wildman–Crippen LogP) is 3.60. The van der Waals surface area contributed by atoms with Gasteiger partial charge in [-0.2, -0.15) is 0 Å². The van der Waals surface area contributed by atoms with Crippen LogP contribution < -0.4 is 5.32 Å². The van der Waals surface area contributed by atoms with Crippen molar-refractivity contribution in [3.63, 3.8) is 0 Å². The molecule has 2 fully saturated rings. The van der Waals surface area contributed by atoms with Crippen molar-refractivity contribution in [2.75, 3.05) is 20.1 Å². The lowest BCUT2D eigenvalue weighted by Crippen LogP contribution is -2.64. The van der Waals surface area contributed by atoms with Gasteiger partial charge >= 0.3 is 12.0 Å². The van der Waals surface area contributed by atoms with Crippen LogP contribution in [0.1, 0.15) is 52.9 Å². The van der Waals surface area contributed by atoms with E-state index in [2.05, 4.69) is 39.2 Å². The Bertz CT molecular complexity index is 811. The summed E-state index contributed by atoms with van der Waals surface area (Å²) in [6, 6.07) is -0.568. The summed E-state index contributed by atoms with van der Waals surface area (Å²) in [6.45, 7) is 18.5. The first-order chi connectivity index (χ1) is 15.7. The smallest absolute Gasteiger partial charge is 0.330 e. The average Bonchev–Trinajstić information content (AvgIpc) is 3.31. The van der Waals surface area contributed by atoms with Gasteiger partial charge in [-0.25, -0.2) is 9.59 Å². The molecule has 192 valence electrons. The molecule has 0 aromatic carbocycles. The van der Waals surface area contributed by atoms with E-state index >= 15 is 0 Å². The molecule has 0 unspecified atom stereocenters. The molecular formula is C25H43N3O5Si. The van der Waals surface area contributed by atoms with Crippen LogP contribution >= 0.6 is 0 Å². The van der Waals surface area contributed by atoms with Gasteiger partial charge in [-0.3, -0.25) is 9.69 Å². The zero-order chi connectivity index (χ0) is 25.9. The van der Waals surface area contributed by atoms with E-state index in [0.29, 0.717) is 19.5 Å². The van der Waals surface area contributed by atoms with Crippen LogP contribution in [0.4, 0.5) is 4.79 Å². The van der Waals surface area contributed by atoms with Crippen LogP contribution in [0.15, 0.2) is 25.3 Å². The number of carbonyl (C=O) groups excluding carboxylic acids is 2. The molecule has 2 rings (SSSR count). The Hall–Kier alpha value is -2.13. The zero-order valence-corrected chi connectivity index (χ0v) is 22.9. The molecule has 1 saturated carbocycles. The molecule has 0 radical (unpaired) electrons. The number of likely N-dealkylation sites (tertiary alicyclic amines) is 1. The number of likely N-dealkylation sites (N-methyl/N-ethyl adjacent to an activating group) is 1. The Kier molecular flexibility index (Phi) is 8.80. The molecule has 3 amide bonds. The highest BCUT2D eigenvalue weighted by molar-refractivity contribution is 6.48. The lowest BCUT2D eigenvalue weighted by molar-refractivity contribution is -0.159. The summed E-state index contributed by atoms with van der Waals surface area (Å²) < 4.78 is 6.45. The molecule has 0 spiro atoms. The molecule has 34 heavy (non-hydrogen) atoms. The third-order valence-corrected chi connectivity index (χ3v) is 7.97. The monoisotopic (exact) mass is 493 g/mol. The SMILES string of the molecule is C=CCCCCN(C)C(=O)[C@@]1(O[SiH](C)C)C[C@H](C(C)(C)C)CN1C(=O)N[C@]1(C(=O)O)C[C@@H]1C=C. The summed E-state index contributed by atoms with van der Waals surface area (Å²) in [5, 5.41) is 12.5. The average molecular weight is 494 g/mol. The third-order valence-electron chi connectivity index (χ3n) is 7.11. The fraction of sp³-hybridized carbons (Fsp3) is 0.720. The van der Waals surface area contributed by atoms with E-state index in [1.807, 2.05) is 19.2 Å². The number of carboxylic acids is 1. The Morgan fingerprint density at radius 3 is 2.35 bits per heavy atom. The fourth-order valence-corrected chi connectivity index (χ4v) is 5.87. The molecule has 4 atom stereocenters. The van der Waals surface area contributed by atoms with Gasteiger partial charge in [0.05, 0.1) is 0 Å². The highest BCUT2D eigenvalue weighted by Gasteiger charge is 2.63. The van der Waals surface area contributed by atoms with Crippen LogP contribution in [-0.4, -0.2) is 73.3 Å². The van der Waals surface area contributed by atoms with E-state index in [4.69, 9.17) is 4.43 Å². The fourth-order valence-electron chi connectivity index (χ4n) is 4.77. The zero-order valence-electron chi connectivity index (χ0n) is 21.7. The van der Waals surface area contributed by atoms with Gasteiger partial charge < -0.3 is 19.7 Å². The number of rotatable bonds is 11. The standard InChI is InChI=1S/C25H43N3O5Si/c1-9-11-12-13-14-27(6)20(29)25(33-34(7)8)16-19(23(3,4)5)17-28(25)22(32)26-24(21(30)31)15-18(24)10-2/h9-10,18-19,34H,1-2,11-17H2,3-8H3,(H,26,32)(H,30,31)/t18-,19-,24+,25-/m0/s1. The van der Waals surface area contributed by atoms with E-state index < -0.39 is 32.3 Å². The topological polar surface area (TPSA) is 99.2 Å². The molecule has 0 aromatic rings. The predicted molar refractivity (Wildman–Crippen MR) is 136 cm³/mol. The second-order valence-corrected chi connectivity index (χ2v) is 13.4.